The third kappa shape index (κ3) is 4.78. The quantitative estimate of drug-likeness (QED) is 0.158. The molecule has 1 fully saturated rings. The normalized spacial score (nSPS) is 26.3. The number of nitrogens with two attached hydrogens (primary N) is 1. The van der Waals surface area contributed by atoms with Gasteiger partial charge < -0.3 is 35.3 Å². The number of nitrogens with one attached hydrogen (secondary N) is 1. The van der Waals surface area contributed by atoms with Crippen LogP contribution in [0.15, 0.2) is 35.8 Å². The van der Waals surface area contributed by atoms with E-state index in [0.717, 1.165) is 0 Å². The number of ether oxygens (including phenoxy) is 1. The van der Waals surface area contributed by atoms with E-state index >= 15 is 0 Å². The van der Waals surface area contributed by atoms with Crippen molar-refractivity contribution < 1.29 is 43.4 Å². The second-order valence-corrected chi connectivity index (χ2v) is 10.6. The van der Waals surface area contributed by atoms with Gasteiger partial charge in [-0.15, -0.1) is 0 Å². The lowest BCUT2D eigenvalue weighted by Gasteiger charge is -2.18. The van der Waals surface area contributed by atoms with Crippen molar-refractivity contribution >= 4 is 47.5 Å². The van der Waals surface area contributed by atoms with Crippen LogP contribution in [0.4, 0.5) is 5.82 Å². The minimum atomic E-state index is -4.95. The van der Waals surface area contributed by atoms with E-state index in [4.69, 9.17) is 19.5 Å². The molecule has 0 aliphatic carbocycles. The number of nitrogens with zero attached hydrogens (tertiary/aromatic N) is 6. The molecule has 1 aromatic carbocycles. The molecule has 0 spiro atoms. The molecule has 40 heavy (non-hydrogen) atoms. The Hall–Kier alpha value is -3.99. The minimum Gasteiger partial charge on any atom is -0.508 e. The lowest BCUT2D eigenvalue weighted by atomic mass is 10.1. The summed E-state index contributed by atoms with van der Waals surface area (Å²) in [5, 5.41) is 30.6. The third-order valence-electron chi connectivity index (χ3n) is 6.58. The van der Waals surface area contributed by atoms with Crippen LogP contribution in [0, 0.1) is 0 Å². The minimum absolute atomic E-state index is 0.0618. The highest BCUT2D eigenvalue weighted by atomic mass is 31.2. The summed E-state index contributed by atoms with van der Waals surface area (Å²) >= 11 is 0. The van der Waals surface area contributed by atoms with E-state index in [0.29, 0.717) is 29.0 Å². The number of aromatic hydroxyl groups is 1. The monoisotopic (exact) mass is 574 g/mol. The number of phosphoric ester groups is 1. The molecule has 0 radical (unpaired) electrons. The van der Waals surface area contributed by atoms with Crippen LogP contribution in [0.2, 0.25) is 0 Å². The Balaban J connectivity index is 1.08. The standard InChI is InChI=1S/C22H23N8O9P/c23-18-15-20(25-7-24-18)30(8-26-15)21-17(33)16(32)14(38-21)6-37-40(35,36)39-22(34)12-4-3-11(27-12)19-28-10-2-1-9(31)5-13(10)29-19/h1-2,5,7-8,12,14,16-17,21,31-33H,3-4,6H2,(H,28,29)(H,35,36)(H2,23,24,25)/t12?,14?,16-,17-,21-/m1/s1. The van der Waals surface area contributed by atoms with Gasteiger partial charge in [0.2, 0.25) is 0 Å². The topological polar surface area (TPSA) is 253 Å². The highest BCUT2D eigenvalue weighted by Gasteiger charge is 2.46. The fourth-order valence-electron chi connectivity index (χ4n) is 4.60. The number of aliphatic hydroxyl groups is 2. The summed E-state index contributed by atoms with van der Waals surface area (Å²) in [6.07, 6.45) is -2.38. The summed E-state index contributed by atoms with van der Waals surface area (Å²) in [7, 11) is -4.95. The molecule has 1 saturated heterocycles. The summed E-state index contributed by atoms with van der Waals surface area (Å²) in [4.78, 5) is 46.3. The molecular formula is C22H23N8O9P. The number of nitrogen functional groups attached to an aromatic ring is 1. The lowest BCUT2D eigenvalue weighted by molar-refractivity contribution is -0.137. The first kappa shape index (κ1) is 26.2. The summed E-state index contributed by atoms with van der Waals surface area (Å²) in [5.41, 5.74) is 7.92. The number of hydrogen-bond acceptors (Lipinski definition) is 14. The van der Waals surface area contributed by atoms with Crippen molar-refractivity contribution in [1.29, 1.82) is 0 Å². The Morgan fingerprint density at radius 1 is 1.25 bits per heavy atom. The molecule has 5 heterocycles. The number of carbonyl (C=O) groups is 1. The van der Waals surface area contributed by atoms with Crippen molar-refractivity contribution in [2.24, 2.45) is 4.99 Å². The van der Waals surface area contributed by atoms with Gasteiger partial charge in [-0.1, -0.05) is 0 Å². The van der Waals surface area contributed by atoms with Gasteiger partial charge in [0.05, 0.1) is 29.7 Å². The van der Waals surface area contributed by atoms with Crippen molar-refractivity contribution in [3.8, 4) is 5.75 Å². The maximum atomic E-state index is 12.6. The van der Waals surface area contributed by atoms with Gasteiger partial charge in [-0.3, -0.25) is 19.0 Å². The van der Waals surface area contributed by atoms with E-state index in [1.165, 1.54) is 29.4 Å². The number of H-pyrrole nitrogens is 1. The van der Waals surface area contributed by atoms with Crippen molar-refractivity contribution in [2.45, 2.75) is 43.4 Å². The molecule has 18 heteroatoms. The SMILES string of the molecule is Nc1ncnc2c1ncn2[C@@H]1OC(COP(=O)(O)OC(=O)C2CCC(c3nc4ccc(O)cc4[nH]3)=N2)[C@@H](O)[C@H]1O. The predicted molar refractivity (Wildman–Crippen MR) is 135 cm³/mol. The summed E-state index contributed by atoms with van der Waals surface area (Å²) in [6, 6.07) is 3.55. The third-order valence-corrected chi connectivity index (χ3v) is 7.47. The number of hydrogen-bond donors (Lipinski definition) is 6. The molecule has 3 aromatic heterocycles. The first-order valence-corrected chi connectivity index (χ1v) is 13.5. The van der Waals surface area contributed by atoms with Crippen LogP contribution < -0.4 is 5.73 Å². The van der Waals surface area contributed by atoms with Crippen LogP contribution in [0.1, 0.15) is 24.9 Å². The van der Waals surface area contributed by atoms with Gasteiger partial charge in [0.15, 0.2) is 23.5 Å². The van der Waals surface area contributed by atoms with E-state index < -0.39 is 51.0 Å². The van der Waals surface area contributed by atoms with Crippen molar-refractivity contribution in [1.82, 2.24) is 29.5 Å². The molecule has 2 aliphatic heterocycles. The van der Waals surface area contributed by atoms with Crippen molar-refractivity contribution in [3.63, 3.8) is 0 Å². The zero-order valence-corrected chi connectivity index (χ0v) is 21.3. The molecule has 6 atom stereocenters. The molecule has 2 aliphatic rings. The molecule has 6 rings (SSSR count). The fraction of sp³-hybridized carbons (Fsp3) is 0.364. The number of phosphoric acid groups is 1. The Kier molecular flexibility index (Phi) is 6.48. The van der Waals surface area contributed by atoms with Crippen LogP contribution in [-0.4, -0.2) is 92.3 Å². The number of anilines is 1. The van der Waals surface area contributed by atoms with Crippen LogP contribution >= 0.6 is 7.82 Å². The number of carbonyl (C=O) groups excluding carboxylic acids is 1. The predicted octanol–water partition coefficient (Wildman–Crippen LogP) is -0.0785. The number of aromatic nitrogens is 6. The molecule has 0 amide bonds. The summed E-state index contributed by atoms with van der Waals surface area (Å²) in [6.45, 7) is -0.690. The number of aliphatic imine (C=N–C) groups is 1. The number of phenols is 1. The van der Waals surface area contributed by atoms with Gasteiger partial charge in [-0.25, -0.2) is 29.3 Å². The second kappa shape index (κ2) is 9.88. The van der Waals surface area contributed by atoms with Gasteiger partial charge in [0.25, 0.3) is 0 Å². The van der Waals surface area contributed by atoms with Crippen LogP contribution in [0.5, 0.6) is 5.75 Å². The molecule has 7 N–H and O–H groups in total. The first-order valence-electron chi connectivity index (χ1n) is 12.0. The summed E-state index contributed by atoms with van der Waals surface area (Å²) in [5.74, 6) is -0.509. The Morgan fingerprint density at radius 2 is 2.08 bits per heavy atom. The van der Waals surface area contributed by atoms with Crippen molar-refractivity contribution in [2.75, 3.05) is 12.3 Å². The molecular weight excluding hydrogens is 551 g/mol. The van der Waals surface area contributed by atoms with Gasteiger partial charge in [0, 0.05) is 6.07 Å². The molecule has 0 saturated carbocycles. The Bertz CT molecular complexity index is 1690. The van der Waals surface area contributed by atoms with Gasteiger partial charge in [-0.05, 0) is 25.0 Å². The summed E-state index contributed by atoms with van der Waals surface area (Å²) < 4.78 is 29.1. The number of aromatic amines is 1. The number of rotatable bonds is 7. The van der Waals surface area contributed by atoms with Crippen LogP contribution in [-0.2, 0) is 23.1 Å². The van der Waals surface area contributed by atoms with E-state index in [-0.39, 0.29) is 29.2 Å². The van der Waals surface area contributed by atoms with E-state index in [2.05, 4.69) is 29.9 Å². The second-order valence-electron chi connectivity index (χ2n) is 9.22. The van der Waals surface area contributed by atoms with Gasteiger partial charge in [-0.2, -0.15) is 0 Å². The molecule has 210 valence electrons. The largest absolute Gasteiger partial charge is 0.529 e. The average molecular weight is 574 g/mol. The molecule has 17 nitrogen and oxygen atoms in total. The number of benzene rings is 1. The molecule has 4 aromatic rings. The number of fused-ring (bicyclic) bond motifs is 2. The highest BCUT2D eigenvalue weighted by molar-refractivity contribution is 7.48. The van der Waals surface area contributed by atoms with Gasteiger partial charge >= 0.3 is 13.8 Å². The number of aliphatic hydroxyl groups excluding tert-OH is 2. The smallest absolute Gasteiger partial charge is 0.508 e. The van der Waals surface area contributed by atoms with E-state index in [1.54, 1.807) is 6.07 Å². The van der Waals surface area contributed by atoms with E-state index in [1.807, 2.05) is 0 Å². The zero-order valence-electron chi connectivity index (χ0n) is 20.4. The molecule has 3 unspecified atom stereocenters. The van der Waals surface area contributed by atoms with Gasteiger partial charge in [0.1, 0.15) is 41.9 Å². The van der Waals surface area contributed by atoms with Crippen LogP contribution in [0.3, 0.4) is 0 Å². The first-order chi connectivity index (χ1) is 19.1. The lowest BCUT2D eigenvalue weighted by Crippen LogP contribution is -2.33. The van der Waals surface area contributed by atoms with E-state index in [9.17, 15) is 29.6 Å². The Morgan fingerprint density at radius 3 is 2.90 bits per heavy atom. The molecule has 0 bridgehead atoms. The maximum absolute atomic E-state index is 12.6. The maximum Gasteiger partial charge on any atom is 0.529 e. The highest BCUT2D eigenvalue weighted by Crippen LogP contribution is 2.45. The van der Waals surface area contributed by atoms with Crippen molar-refractivity contribution in [3.05, 3.63) is 36.7 Å². The average Bonchev–Trinajstić information content (AvgIpc) is 3.69. The number of imidazole rings is 2. The van der Waals surface area contributed by atoms with Crippen LogP contribution in [0.25, 0.3) is 22.2 Å². The Labute approximate surface area is 223 Å². The zero-order chi connectivity index (χ0) is 28.2. The fourth-order valence-corrected chi connectivity index (χ4v) is 5.33. The number of phenolic OH excluding ortho intramolecular Hbond substituents is 1.